The van der Waals surface area contributed by atoms with Gasteiger partial charge in [0.15, 0.2) is 9.84 Å². The van der Waals surface area contributed by atoms with Gasteiger partial charge in [-0.1, -0.05) is 17.9 Å². The van der Waals surface area contributed by atoms with E-state index in [4.69, 9.17) is 5.11 Å². The van der Waals surface area contributed by atoms with Gasteiger partial charge in [-0.2, -0.15) is 0 Å². The molecule has 0 amide bonds. The van der Waals surface area contributed by atoms with Gasteiger partial charge in [0.2, 0.25) is 0 Å². The Labute approximate surface area is 107 Å². The van der Waals surface area contributed by atoms with E-state index in [2.05, 4.69) is 11.8 Å². The normalized spacial score (nSPS) is 10.8. The highest BCUT2D eigenvalue weighted by Gasteiger charge is 2.18. The Morgan fingerprint density at radius 1 is 1.39 bits per heavy atom. The van der Waals surface area contributed by atoms with Crippen molar-refractivity contribution in [2.45, 2.75) is 30.4 Å². The second kappa shape index (κ2) is 5.69. The number of carboxylic acid groups (broad SMARTS) is 1. The summed E-state index contributed by atoms with van der Waals surface area (Å²) in [6, 6.07) is 6.22. The van der Waals surface area contributed by atoms with E-state index in [9.17, 15) is 13.2 Å². The van der Waals surface area contributed by atoms with Crippen LogP contribution in [0.4, 0.5) is 0 Å². The van der Waals surface area contributed by atoms with Gasteiger partial charge in [-0.25, -0.2) is 8.42 Å². The molecule has 4 nitrogen and oxygen atoms in total. The number of hydrogen-bond acceptors (Lipinski definition) is 3. The summed E-state index contributed by atoms with van der Waals surface area (Å²) in [6.45, 7) is 3.22. The van der Waals surface area contributed by atoms with Gasteiger partial charge in [0.1, 0.15) is 6.42 Å². The third kappa shape index (κ3) is 3.60. The molecule has 0 saturated heterocycles. The number of rotatable bonds is 3. The molecule has 0 aromatic heterocycles. The van der Waals surface area contributed by atoms with Crippen LogP contribution in [0.2, 0.25) is 0 Å². The number of carbonyl (C=O) groups is 1. The molecule has 0 heterocycles. The van der Waals surface area contributed by atoms with E-state index < -0.39 is 21.1 Å². The molecule has 0 aliphatic rings. The van der Waals surface area contributed by atoms with E-state index in [0.29, 0.717) is 5.56 Å². The molecule has 0 spiro atoms. The lowest BCUT2D eigenvalue weighted by Gasteiger charge is -2.07. The maximum absolute atomic E-state index is 11.9. The third-order valence-corrected chi connectivity index (χ3v) is 4.41. The molecule has 0 unspecified atom stereocenters. The lowest BCUT2D eigenvalue weighted by atomic mass is 10.2. The zero-order valence-corrected chi connectivity index (χ0v) is 11.0. The van der Waals surface area contributed by atoms with E-state index in [-0.39, 0.29) is 11.3 Å². The first kappa shape index (κ1) is 14.3. The lowest BCUT2D eigenvalue weighted by molar-refractivity contribution is -0.135. The van der Waals surface area contributed by atoms with Gasteiger partial charge in [-0.3, -0.25) is 4.79 Å². The molecule has 96 valence electrons. The van der Waals surface area contributed by atoms with Crippen LogP contribution in [0.3, 0.4) is 0 Å². The van der Waals surface area contributed by atoms with Crippen LogP contribution < -0.4 is 0 Å². The number of carboxylic acids is 1. The van der Waals surface area contributed by atoms with Crippen LogP contribution in [-0.4, -0.2) is 24.7 Å². The summed E-state index contributed by atoms with van der Waals surface area (Å²) in [5.41, 5.74) is 0.498. The van der Waals surface area contributed by atoms with E-state index in [1.165, 1.54) is 12.1 Å². The molecule has 18 heavy (non-hydrogen) atoms. The standard InChI is InChI=1S/C13H14O4S/c1-10(2)18(16,17)12-7-3-5-11(9-12)6-4-8-13(14)15/h3,5,7,9-10H,8H2,1-2H3,(H,14,15). The molecule has 0 fully saturated rings. The molecular formula is C13H14O4S. The van der Waals surface area contributed by atoms with Crippen molar-refractivity contribution in [1.82, 2.24) is 0 Å². The summed E-state index contributed by atoms with van der Waals surface area (Å²) >= 11 is 0. The molecule has 1 N–H and O–H groups in total. The summed E-state index contributed by atoms with van der Waals surface area (Å²) in [5, 5.41) is 7.95. The summed E-state index contributed by atoms with van der Waals surface area (Å²) in [5.74, 6) is 4.09. The fourth-order valence-corrected chi connectivity index (χ4v) is 2.35. The summed E-state index contributed by atoms with van der Waals surface area (Å²) in [4.78, 5) is 10.5. The molecular weight excluding hydrogens is 252 g/mol. The monoisotopic (exact) mass is 266 g/mol. The SMILES string of the molecule is CC(C)S(=O)(=O)c1cccc(C#CCC(=O)O)c1. The Morgan fingerprint density at radius 3 is 2.61 bits per heavy atom. The fraction of sp³-hybridized carbons (Fsp3) is 0.308. The van der Waals surface area contributed by atoms with Gasteiger partial charge in [-0.05, 0) is 32.0 Å². The molecule has 0 saturated carbocycles. The molecule has 5 heteroatoms. The van der Waals surface area contributed by atoms with Gasteiger partial charge >= 0.3 is 5.97 Å². The zero-order chi connectivity index (χ0) is 13.8. The number of hydrogen-bond donors (Lipinski definition) is 1. The van der Waals surface area contributed by atoms with E-state index in [0.717, 1.165) is 0 Å². The maximum Gasteiger partial charge on any atom is 0.315 e. The minimum Gasteiger partial charge on any atom is -0.481 e. The van der Waals surface area contributed by atoms with Crippen molar-refractivity contribution in [1.29, 1.82) is 0 Å². The zero-order valence-electron chi connectivity index (χ0n) is 10.2. The van der Waals surface area contributed by atoms with Crippen LogP contribution >= 0.6 is 0 Å². The topological polar surface area (TPSA) is 71.4 Å². The van der Waals surface area contributed by atoms with Gasteiger partial charge in [-0.15, -0.1) is 0 Å². The van der Waals surface area contributed by atoms with Crippen LogP contribution in [0.15, 0.2) is 29.2 Å². The van der Waals surface area contributed by atoms with Crippen molar-refractivity contribution in [3.8, 4) is 11.8 Å². The molecule has 1 aromatic carbocycles. The molecule has 0 atom stereocenters. The van der Waals surface area contributed by atoms with Crippen molar-refractivity contribution in [2.75, 3.05) is 0 Å². The molecule has 0 aliphatic heterocycles. The molecule has 1 rings (SSSR count). The van der Waals surface area contributed by atoms with Crippen LogP contribution in [0.5, 0.6) is 0 Å². The Hall–Kier alpha value is -1.80. The lowest BCUT2D eigenvalue weighted by Crippen LogP contribution is -2.13. The largest absolute Gasteiger partial charge is 0.481 e. The molecule has 0 aliphatic carbocycles. The summed E-state index contributed by atoms with van der Waals surface area (Å²) < 4.78 is 23.8. The molecule has 0 bridgehead atoms. The van der Waals surface area contributed by atoms with Crippen molar-refractivity contribution in [3.05, 3.63) is 29.8 Å². The molecule has 1 aromatic rings. The van der Waals surface area contributed by atoms with Crippen LogP contribution in [0, 0.1) is 11.8 Å². The van der Waals surface area contributed by atoms with Crippen molar-refractivity contribution >= 4 is 15.8 Å². The summed E-state index contributed by atoms with van der Waals surface area (Å²) in [6.07, 6.45) is -0.263. The first-order valence-electron chi connectivity index (χ1n) is 5.38. The van der Waals surface area contributed by atoms with Gasteiger partial charge in [0.25, 0.3) is 0 Å². The molecule has 0 radical (unpaired) electrons. The second-order valence-electron chi connectivity index (χ2n) is 3.99. The van der Waals surface area contributed by atoms with Crippen molar-refractivity contribution < 1.29 is 18.3 Å². The van der Waals surface area contributed by atoms with Crippen molar-refractivity contribution in [2.24, 2.45) is 0 Å². The Morgan fingerprint density at radius 2 is 2.06 bits per heavy atom. The quantitative estimate of drug-likeness (QED) is 0.845. The van der Waals surface area contributed by atoms with Gasteiger partial charge in [0.05, 0.1) is 10.1 Å². The number of sulfone groups is 1. The minimum atomic E-state index is -3.32. The first-order chi connectivity index (χ1) is 8.34. The van der Waals surface area contributed by atoms with Crippen LogP contribution in [0.25, 0.3) is 0 Å². The predicted molar refractivity (Wildman–Crippen MR) is 67.9 cm³/mol. The van der Waals surface area contributed by atoms with E-state index in [1.54, 1.807) is 26.0 Å². The second-order valence-corrected chi connectivity index (χ2v) is 6.50. The Kier molecular flexibility index (Phi) is 4.51. The van der Waals surface area contributed by atoms with Crippen LogP contribution in [0.1, 0.15) is 25.8 Å². The minimum absolute atomic E-state index is 0.208. The first-order valence-corrected chi connectivity index (χ1v) is 6.93. The van der Waals surface area contributed by atoms with E-state index >= 15 is 0 Å². The summed E-state index contributed by atoms with van der Waals surface area (Å²) in [7, 11) is -3.32. The Bertz CT molecular complexity index is 603. The number of benzene rings is 1. The third-order valence-electron chi connectivity index (χ3n) is 2.26. The highest BCUT2D eigenvalue weighted by Crippen LogP contribution is 2.16. The van der Waals surface area contributed by atoms with E-state index in [1.807, 2.05) is 0 Å². The highest BCUT2D eigenvalue weighted by atomic mass is 32.2. The highest BCUT2D eigenvalue weighted by molar-refractivity contribution is 7.92. The average Bonchev–Trinajstić information content (AvgIpc) is 2.28. The fourth-order valence-electron chi connectivity index (χ4n) is 1.24. The maximum atomic E-state index is 11.9. The average molecular weight is 266 g/mol. The van der Waals surface area contributed by atoms with Gasteiger partial charge in [0, 0.05) is 5.56 Å². The number of aliphatic carboxylic acids is 1. The Balaban J connectivity index is 3.06. The van der Waals surface area contributed by atoms with Gasteiger partial charge < -0.3 is 5.11 Å². The smallest absolute Gasteiger partial charge is 0.315 e. The van der Waals surface area contributed by atoms with Crippen molar-refractivity contribution in [3.63, 3.8) is 0 Å². The van der Waals surface area contributed by atoms with Crippen LogP contribution in [-0.2, 0) is 14.6 Å². The predicted octanol–water partition coefficient (Wildman–Crippen LogP) is 1.69.